The van der Waals surface area contributed by atoms with E-state index >= 15 is 0 Å². The maximum absolute atomic E-state index is 2.63. The number of fused-ring (bicyclic) bond motifs is 9. The molecule has 0 saturated carbocycles. The minimum absolute atomic E-state index is 0.0541. The van der Waals surface area contributed by atoms with Crippen LogP contribution in [0.4, 0.5) is 43.7 Å². The summed E-state index contributed by atoms with van der Waals surface area (Å²) in [6.07, 6.45) is 0. The molecule has 0 amide bonds. The van der Waals surface area contributed by atoms with Gasteiger partial charge in [0.15, 0.2) is 0 Å². The molecular weight excluding hydrogens is 849 g/mol. The molecule has 2 aromatic heterocycles. The second-order valence-corrected chi connectivity index (χ2v) is 20.5. The van der Waals surface area contributed by atoms with E-state index in [2.05, 4.69) is 239 Å². The van der Waals surface area contributed by atoms with Crippen molar-refractivity contribution < 1.29 is 0 Å². The predicted molar refractivity (Wildman–Crippen MR) is 272 cm³/mol. The number of thiophene rings is 1. The quantitative estimate of drug-likeness (QED) is 0.154. The topological polar surface area (TPSA) is 13.0 Å². The fraction of sp³-hybridized carbons (Fsp3) is 0.0545. The van der Waals surface area contributed by atoms with E-state index < -0.39 is 0 Å². The van der Waals surface area contributed by atoms with Crippen LogP contribution in [-0.4, -0.2) is 28.5 Å². The van der Waals surface area contributed by atoms with Gasteiger partial charge in [-0.3, -0.25) is 0 Å². The fourth-order valence-corrected chi connectivity index (χ4v) is 14.5. The molecule has 8 heteroatoms. The van der Waals surface area contributed by atoms with Crippen LogP contribution in [0, 0.1) is 0 Å². The van der Waals surface area contributed by atoms with Crippen molar-refractivity contribution in [3.05, 3.63) is 217 Å². The fourth-order valence-electron chi connectivity index (χ4n) is 10.6. The molecule has 8 aromatic carbocycles. The Labute approximate surface area is 378 Å². The number of anilines is 8. The van der Waals surface area contributed by atoms with Gasteiger partial charge >= 0.3 is 253 Å². The van der Waals surface area contributed by atoms with E-state index in [1.165, 1.54) is 96.6 Å². The molecule has 0 N–H and O–H groups in total. The Hall–Kier alpha value is -6.69. The molecule has 0 unspecified atom stereocenters. The van der Waals surface area contributed by atoms with E-state index in [9.17, 15) is 0 Å². The van der Waals surface area contributed by atoms with E-state index in [0.717, 1.165) is 0 Å². The van der Waals surface area contributed by atoms with Gasteiger partial charge in [0.25, 0.3) is 0 Å². The summed E-state index contributed by atoms with van der Waals surface area (Å²) in [5.41, 5.74) is 15.1. The monoisotopic (exact) mass is 890 g/mol. The van der Waals surface area contributed by atoms with Gasteiger partial charge < -0.3 is 0 Å². The van der Waals surface area contributed by atoms with E-state index in [1.807, 2.05) is 11.3 Å². The van der Waals surface area contributed by atoms with Crippen molar-refractivity contribution in [1.29, 1.82) is 0 Å². The van der Waals surface area contributed by atoms with Gasteiger partial charge in [0, 0.05) is 21.5 Å². The van der Waals surface area contributed by atoms with Crippen molar-refractivity contribution in [2.45, 2.75) is 19.3 Å². The van der Waals surface area contributed by atoms with Gasteiger partial charge in [-0.1, -0.05) is 54.6 Å². The third-order valence-corrected chi connectivity index (χ3v) is 17.0. The number of benzene rings is 8. The third-order valence-electron chi connectivity index (χ3n) is 13.5. The van der Waals surface area contributed by atoms with Crippen LogP contribution in [0.25, 0.3) is 30.9 Å². The molecule has 0 saturated heterocycles. The molecule has 13 rings (SSSR count). The molecule has 0 bridgehead atoms. The number of hydrogen-bond donors (Lipinski definition) is 0. The van der Waals surface area contributed by atoms with Crippen LogP contribution in [0.1, 0.15) is 25.0 Å². The first-order valence-electron chi connectivity index (χ1n) is 21.7. The van der Waals surface area contributed by atoms with E-state index in [0.29, 0.717) is 0 Å². The van der Waals surface area contributed by atoms with E-state index in [4.69, 9.17) is 0 Å². The van der Waals surface area contributed by atoms with Crippen molar-refractivity contribution in [1.82, 2.24) is 0 Å². The predicted octanol–water partition coefficient (Wildman–Crippen LogP) is 12.8. The molecular formula is C55H40B2N4SSe. The molecule has 63 heavy (non-hydrogen) atoms. The zero-order valence-corrected chi connectivity index (χ0v) is 37.4. The van der Waals surface area contributed by atoms with Crippen LogP contribution >= 0.6 is 11.3 Å². The van der Waals surface area contributed by atoms with Crippen molar-refractivity contribution in [2.24, 2.45) is 0 Å². The van der Waals surface area contributed by atoms with Crippen LogP contribution in [0.3, 0.4) is 0 Å². The number of rotatable bonds is 6. The van der Waals surface area contributed by atoms with Gasteiger partial charge in [-0.2, -0.15) is 0 Å². The molecule has 4 nitrogen and oxygen atoms in total. The van der Waals surface area contributed by atoms with Gasteiger partial charge in [-0.25, -0.2) is 0 Å². The van der Waals surface area contributed by atoms with Crippen LogP contribution in [0.15, 0.2) is 206 Å². The molecule has 2 aliphatic heterocycles. The Bertz CT molecular complexity index is 3150. The van der Waals surface area contributed by atoms with E-state index in [-0.39, 0.29) is 33.9 Å². The maximum atomic E-state index is 2.63. The Morgan fingerprint density at radius 3 is 1.44 bits per heavy atom. The first-order chi connectivity index (χ1) is 31.0. The summed E-state index contributed by atoms with van der Waals surface area (Å²) in [4.78, 5) is 10.4. The van der Waals surface area contributed by atoms with Crippen LogP contribution in [0.5, 0.6) is 0 Å². The van der Waals surface area contributed by atoms with Crippen molar-refractivity contribution in [2.75, 3.05) is 19.2 Å². The Morgan fingerprint density at radius 1 is 0.429 bits per heavy atom. The van der Waals surface area contributed by atoms with Gasteiger partial charge in [-0.05, 0) is 30.3 Å². The number of hydrogen-bond acceptors (Lipinski definition) is 5. The summed E-state index contributed by atoms with van der Waals surface area (Å²) in [5.74, 6) is 0. The Morgan fingerprint density at radius 2 is 0.873 bits per heavy atom. The third kappa shape index (κ3) is 5.48. The van der Waals surface area contributed by atoms with Gasteiger partial charge in [-0.15, -0.1) is 11.3 Å². The average Bonchev–Trinajstić information content (AvgIpc) is 4.12. The molecule has 0 spiro atoms. The summed E-state index contributed by atoms with van der Waals surface area (Å²) in [6, 6.07) is 76.6. The molecule has 3 aliphatic rings. The molecule has 0 fully saturated rings. The van der Waals surface area contributed by atoms with Crippen molar-refractivity contribution in [3.8, 4) is 11.1 Å². The van der Waals surface area contributed by atoms with Gasteiger partial charge in [0.1, 0.15) is 5.00 Å². The van der Waals surface area contributed by atoms with Crippen LogP contribution < -0.4 is 30.2 Å². The van der Waals surface area contributed by atoms with Gasteiger partial charge in [0.05, 0.1) is 5.69 Å². The molecule has 10 aromatic rings. The summed E-state index contributed by atoms with van der Waals surface area (Å²) in [5, 5.41) is 3.91. The van der Waals surface area contributed by atoms with Gasteiger partial charge in [0.2, 0.25) is 0 Å². The van der Waals surface area contributed by atoms with Crippen LogP contribution in [-0.2, 0) is 5.41 Å². The standard InChI is InChI=1S/C55H40B2N4SSe/c1-55(2)47-35-37(56-58(39-19-7-3-8-20-39)51-45-27-15-17-29-49(45)62-53(51)60(56)41-23-11-5-12-24-41)31-33-43(47)44-34-32-38(36-48(44)55)57-59(40-21-9-4-10-22-40)52-46-28-16-18-30-50(46)63-54(52)61(57)42-25-13-6-14-26-42/h3-36H,1-2H3. The van der Waals surface area contributed by atoms with Crippen molar-refractivity contribution >= 4 is 114 Å². The number of nitrogens with zero attached hydrogens (tertiary/aromatic N) is 4. The number of para-hydroxylation sites is 4. The Balaban J connectivity index is 0.966. The summed E-state index contributed by atoms with van der Waals surface area (Å²) < 4.78 is 4.16. The van der Waals surface area contributed by atoms with Crippen molar-refractivity contribution in [3.63, 3.8) is 0 Å². The average molecular weight is 890 g/mol. The molecule has 4 heterocycles. The molecule has 298 valence electrons. The second kappa shape index (κ2) is 14.2. The SMILES string of the molecule is CC1(C)c2cc(B3N(c4ccccc4)c4sc5ccccc5c4N3c3ccccc3)ccc2-c2ccc(B3N(c4ccccc4)c4[se]c5ccccc5c4N3c3ccccc3)cc21. The first kappa shape index (κ1) is 36.9. The molecule has 0 atom stereocenters. The Kier molecular flexibility index (Phi) is 8.30. The minimum atomic E-state index is -0.248. The first-order valence-corrected chi connectivity index (χ1v) is 24.3. The molecule has 0 radical (unpaired) electrons. The zero-order chi connectivity index (χ0) is 41.8. The zero-order valence-electron chi connectivity index (χ0n) is 34.9. The second-order valence-electron chi connectivity index (χ2n) is 17.3. The molecule has 1 aliphatic carbocycles. The normalized spacial score (nSPS) is 14.8. The van der Waals surface area contributed by atoms with E-state index in [1.54, 1.807) is 0 Å². The van der Waals surface area contributed by atoms with Crippen LogP contribution in [0.2, 0.25) is 0 Å². The summed E-state index contributed by atoms with van der Waals surface area (Å²) >= 11 is 2.04. The summed E-state index contributed by atoms with van der Waals surface area (Å²) in [6.45, 7) is 4.73. The summed E-state index contributed by atoms with van der Waals surface area (Å²) in [7, 11) is 0.